The third-order valence-electron chi connectivity index (χ3n) is 10.9. The number of hydrogen-bond acceptors (Lipinski definition) is 8. The van der Waals surface area contributed by atoms with Gasteiger partial charge in [0.2, 0.25) is 0 Å². The van der Waals surface area contributed by atoms with Crippen LogP contribution in [0, 0.1) is 11.8 Å². The molecule has 46 heavy (non-hydrogen) atoms. The number of fused-ring (bicyclic) bond motifs is 4. The molecule has 2 aliphatic heterocycles. The summed E-state index contributed by atoms with van der Waals surface area (Å²) < 4.78 is 10.4. The van der Waals surface area contributed by atoms with Gasteiger partial charge in [0.1, 0.15) is 28.6 Å². The van der Waals surface area contributed by atoms with Crippen molar-refractivity contribution in [1.29, 1.82) is 0 Å². The van der Waals surface area contributed by atoms with E-state index in [0.717, 1.165) is 90.7 Å². The van der Waals surface area contributed by atoms with Crippen LogP contribution in [-0.2, 0) is 13.6 Å². The van der Waals surface area contributed by atoms with Crippen molar-refractivity contribution in [2.24, 2.45) is 24.6 Å². The second-order valence-corrected chi connectivity index (χ2v) is 13.7. The molecule has 2 bridgehead atoms. The molecule has 9 rings (SSSR count). The van der Waals surface area contributed by atoms with Crippen LogP contribution in [0.5, 0.6) is 5.75 Å². The first-order valence-electron chi connectivity index (χ1n) is 16.6. The number of rotatable bonds is 7. The smallest absolute Gasteiger partial charge is 0.254 e. The van der Waals surface area contributed by atoms with E-state index in [2.05, 4.69) is 36.1 Å². The average molecular weight is 618 g/mol. The summed E-state index contributed by atoms with van der Waals surface area (Å²) in [5.41, 5.74) is 10.6. The van der Waals surface area contributed by atoms with Crippen LogP contribution in [0.3, 0.4) is 0 Å². The number of piperidine rings is 1. The minimum atomic E-state index is 0.00890. The number of hydrogen-bond donors (Lipinski definition) is 1. The molecule has 5 aromatic rings. The Kier molecular flexibility index (Phi) is 6.35. The average Bonchev–Trinajstić information content (AvgIpc) is 3.30. The van der Waals surface area contributed by atoms with E-state index in [0.29, 0.717) is 29.1 Å². The monoisotopic (exact) mass is 617 g/mol. The Hall–Kier alpha value is -4.51. The van der Waals surface area contributed by atoms with Crippen molar-refractivity contribution in [2.45, 2.75) is 56.7 Å². The molecule has 0 spiro atoms. The number of nitrogens with zero attached hydrogens (tertiary/aromatic N) is 8. The number of methoxy groups -OCH3 is 1. The maximum Gasteiger partial charge on any atom is 0.254 e. The van der Waals surface area contributed by atoms with Gasteiger partial charge in [0.05, 0.1) is 18.3 Å². The molecule has 4 aromatic heterocycles. The zero-order valence-corrected chi connectivity index (χ0v) is 26.3. The van der Waals surface area contributed by atoms with Crippen LogP contribution in [0.2, 0.25) is 0 Å². The molecule has 11 nitrogen and oxygen atoms in total. The first-order chi connectivity index (χ1) is 22.5. The highest BCUT2D eigenvalue weighted by atomic mass is 16.5. The third kappa shape index (κ3) is 4.39. The second kappa shape index (κ2) is 10.5. The van der Waals surface area contributed by atoms with Crippen molar-refractivity contribution >= 4 is 33.8 Å². The summed E-state index contributed by atoms with van der Waals surface area (Å²) in [6, 6.07) is 12.2. The van der Waals surface area contributed by atoms with Gasteiger partial charge in [-0.3, -0.25) is 4.79 Å². The van der Waals surface area contributed by atoms with Crippen molar-refractivity contribution in [2.75, 3.05) is 31.6 Å². The minimum Gasteiger partial charge on any atom is -0.494 e. The van der Waals surface area contributed by atoms with Gasteiger partial charge in [0.15, 0.2) is 5.82 Å². The summed E-state index contributed by atoms with van der Waals surface area (Å²) in [5.74, 6) is 4.79. The number of amides is 1. The van der Waals surface area contributed by atoms with Crippen LogP contribution in [0.15, 0.2) is 48.8 Å². The van der Waals surface area contributed by atoms with E-state index in [-0.39, 0.29) is 18.0 Å². The van der Waals surface area contributed by atoms with Gasteiger partial charge >= 0.3 is 0 Å². The quantitative estimate of drug-likeness (QED) is 0.286. The molecule has 4 aliphatic rings. The lowest BCUT2D eigenvalue weighted by atomic mass is 10.1. The van der Waals surface area contributed by atoms with Crippen molar-refractivity contribution in [3.8, 4) is 17.3 Å². The molecular weight excluding hydrogens is 578 g/mol. The number of carbonyl (C=O) groups is 1. The molecular formula is C35H39N9O2. The van der Waals surface area contributed by atoms with Crippen molar-refractivity contribution in [1.82, 2.24) is 34.0 Å². The fourth-order valence-corrected chi connectivity index (χ4v) is 8.23. The third-order valence-corrected chi connectivity index (χ3v) is 10.9. The van der Waals surface area contributed by atoms with Gasteiger partial charge in [-0.05, 0) is 80.3 Å². The molecule has 236 valence electrons. The van der Waals surface area contributed by atoms with Crippen molar-refractivity contribution in [3.63, 3.8) is 0 Å². The van der Waals surface area contributed by atoms with Crippen LogP contribution < -0.4 is 15.4 Å². The number of nitrogens with two attached hydrogens (primary N) is 1. The standard InChI is InChI=1S/C35H39N9O2/c1-41-27(15-22-4-3-11-38-33(22)41)34-39-25-14-24(35(45)43-19-23-7-8-26(43)30(23)36)16-28(46-2)31(25)44(34)18-20-10-13-42(17-20)29-9-12-37-32(40-29)21-5-6-21/h3-4,9,11-12,14-16,20-21,23,26,30H,5-8,10,13,17-19,36H2,1-2H3/t20-,23?,26?,30+/m0/s1. The van der Waals surface area contributed by atoms with Crippen LogP contribution in [-0.4, -0.2) is 78.7 Å². The molecule has 1 aromatic carbocycles. The Morgan fingerprint density at radius 1 is 1.02 bits per heavy atom. The molecule has 2 aliphatic carbocycles. The maximum absolute atomic E-state index is 13.9. The molecule has 4 atom stereocenters. The van der Waals surface area contributed by atoms with E-state index in [9.17, 15) is 4.79 Å². The summed E-state index contributed by atoms with van der Waals surface area (Å²) in [4.78, 5) is 37.6. The predicted octanol–water partition coefficient (Wildman–Crippen LogP) is 4.35. The van der Waals surface area contributed by atoms with Crippen LogP contribution >= 0.6 is 0 Å². The van der Waals surface area contributed by atoms with Gasteiger partial charge in [0, 0.05) is 74.6 Å². The molecule has 2 saturated heterocycles. The lowest BCUT2D eigenvalue weighted by Crippen LogP contribution is -2.41. The highest BCUT2D eigenvalue weighted by Crippen LogP contribution is 2.41. The zero-order valence-electron chi connectivity index (χ0n) is 26.3. The molecule has 2 saturated carbocycles. The van der Waals surface area contributed by atoms with E-state index in [4.69, 9.17) is 20.4 Å². The van der Waals surface area contributed by atoms with Gasteiger partial charge in [-0.2, -0.15) is 0 Å². The minimum absolute atomic E-state index is 0.00890. The number of aryl methyl sites for hydroxylation is 1. The highest BCUT2D eigenvalue weighted by Gasteiger charge is 2.47. The normalized spacial score (nSPS) is 24.2. The topological polar surface area (TPSA) is 120 Å². The fraction of sp³-hybridized carbons (Fsp3) is 0.457. The lowest BCUT2D eigenvalue weighted by molar-refractivity contribution is 0.0700. The summed E-state index contributed by atoms with van der Waals surface area (Å²) in [7, 11) is 3.72. The van der Waals surface area contributed by atoms with Crippen LogP contribution in [0.1, 0.15) is 54.2 Å². The summed E-state index contributed by atoms with van der Waals surface area (Å²) in [6.45, 7) is 3.32. The lowest BCUT2D eigenvalue weighted by Gasteiger charge is -2.27. The van der Waals surface area contributed by atoms with Gasteiger partial charge in [0.25, 0.3) is 5.91 Å². The molecule has 0 radical (unpaired) electrons. The SMILES string of the molecule is COc1cc(C(=O)N2CC3CCC2[C@@H]3N)cc2nc(-c3cc4cccnc4n3C)n(C[C@H]3CCN(c4ccnc(C5CC5)n4)C3)c12. The summed E-state index contributed by atoms with van der Waals surface area (Å²) in [5, 5.41) is 1.06. The highest BCUT2D eigenvalue weighted by molar-refractivity contribution is 6.00. The first-order valence-corrected chi connectivity index (χ1v) is 16.6. The molecule has 4 fully saturated rings. The number of carbonyl (C=O) groups excluding carboxylic acids is 1. The number of benzene rings is 1. The maximum atomic E-state index is 13.9. The van der Waals surface area contributed by atoms with Crippen molar-refractivity contribution < 1.29 is 9.53 Å². The van der Waals surface area contributed by atoms with Gasteiger partial charge < -0.3 is 29.4 Å². The number of likely N-dealkylation sites (tertiary alicyclic amines) is 1. The molecule has 2 unspecified atom stereocenters. The van der Waals surface area contributed by atoms with E-state index < -0.39 is 0 Å². The van der Waals surface area contributed by atoms with Gasteiger partial charge in [-0.25, -0.2) is 19.9 Å². The number of imidazole rings is 1. The second-order valence-electron chi connectivity index (χ2n) is 13.7. The summed E-state index contributed by atoms with van der Waals surface area (Å²) in [6.07, 6.45) is 9.21. The van der Waals surface area contributed by atoms with Crippen molar-refractivity contribution in [3.05, 3.63) is 60.2 Å². The summed E-state index contributed by atoms with van der Waals surface area (Å²) >= 11 is 0. The van der Waals surface area contributed by atoms with Gasteiger partial charge in [-0.1, -0.05) is 0 Å². The van der Waals surface area contributed by atoms with E-state index in [1.807, 2.05) is 48.6 Å². The first kappa shape index (κ1) is 27.8. The Labute approximate surface area is 267 Å². The molecule has 1 amide bonds. The van der Waals surface area contributed by atoms with E-state index in [1.165, 1.54) is 12.8 Å². The molecule has 2 N–H and O–H groups in total. The number of aromatic nitrogens is 6. The Morgan fingerprint density at radius 2 is 1.91 bits per heavy atom. The zero-order chi connectivity index (χ0) is 31.1. The van der Waals surface area contributed by atoms with Crippen LogP contribution in [0.4, 0.5) is 5.82 Å². The predicted molar refractivity (Wildman–Crippen MR) is 176 cm³/mol. The largest absolute Gasteiger partial charge is 0.494 e. The number of anilines is 1. The molecule has 11 heteroatoms. The van der Waals surface area contributed by atoms with Crippen LogP contribution in [0.25, 0.3) is 33.6 Å². The molecule has 6 heterocycles. The fourth-order valence-electron chi connectivity index (χ4n) is 8.23. The number of ether oxygens (including phenoxy) is 1. The Morgan fingerprint density at radius 3 is 2.67 bits per heavy atom. The Bertz CT molecular complexity index is 1990. The number of pyridine rings is 1. The van der Waals surface area contributed by atoms with E-state index >= 15 is 0 Å². The van der Waals surface area contributed by atoms with E-state index in [1.54, 1.807) is 7.11 Å². The van der Waals surface area contributed by atoms with Gasteiger partial charge in [-0.15, -0.1) is 0 Å². The Balaban J connectivity index is 1.11.